The summed E-state index contributed by atoms with van der Waals surface area (Å²) in [6, 6.07) is 5.51. The summed E-state index contributed by atoms with van der Waals surface area (Å²) in [6.07, 6.45) is 0.219. The molecule has 2 heterocycles. The van der Waals surface area contributed by atoms with Crippen molar-refractivity contribution in [2.24, 2.45) is 5.92 Å². The maximum Gasteiger partial charge on any atom is 0.228 e. The minimum atomic E-state index is -0.337. The Hall–Kier alpha value is -2.08. The molecule has 1 aromatic rings. The number of amides is 3. The zero-order chi connectivity index (χ0) is 18.1. The van der Waals surface area contributed by atoms with E-state index in [4.69, 9.17) is 11.6 Å². The minimum absolute atomic E-state index is 0.00254. The standard InChI is InChI=1S/C18H22ClN3O3/c1-12-3-4-15(10-16(12)19)22-11-14(9-17(22)24)18(25)21-7-5-20(6-8-21)13(2)23/h3-4,10,14H,5-9,11H2,1-2H3/t14-/m1/s1. The number of carbonyl (C=O) groups is 3. The Kier molecular flexibility index (Phi) is 4.99. The van der Waals surface area contributed by atoms with Gasteiger partial charge in [0.2, 0.25) is 17.7 Å². The van der Waals surface area contributed by atoms with Gasteiger partial charge in [-0.25, -0.2) is 0 Å². The van der Waals surface area contributed by atoms with Gasteiger partial charge in [0.15, 0.2) is 0 Å². The van der Waals surface area contributed by atoms with Gasteiger partial charge in [0, 0.05) is 56.8 Å². The lowest BCUT2D eigenvalue weighted by molar-refractivity contribution is -0.141. The highest BCUT2D eigenvalue weighted by atomic mass is 35.5. The molecule has 3 amide bonds. The molecule has 0 aliphatic carbocycles. The van der Waals surface area contributed by atoms with Crippen LogP contribution in [0.15, 0.2) is 18.2 Å². The van der Waals surface area contributed by atoms with Crippen LogP contribution >= 0.6 is 11.6 Å². The van der Waals surface area contributed by atoms with Crippen LogP contribution in [-0.4, -0.2) is 60.2 Å². The number of hydrogen-bond acceptors (Lipinski definition) is 3. The van der Waals surface area contributed by atoms with Crippen LogP contribution in [0.3, 0.4) is 0 Å². The van der Waals surface area contributed by atoms with E-state index in [0.717, 1.165) is 11.3 Å². The second-order valence-electron chi connectivity index (χ2n) is 6.67. The Morgan fingerprint density at radius 2 is 1.76 bits per heavy atom. The predicted molar refractivity (Wildman–Crippen MR) is 95.5 cm³/mol. The van der Waals surface area contributed by atoms with E-state index in [-0.39, 0.29) is 30.1 Å². The Labute approximate surface area is 152 Å². The lowest BCUT2D eigenvalue weighted by Gasteiger charge is -2.35. The third-order valence-electron chi connectivity index (χ3n) is 4.98. The molecule has 0 radical (unpaired) electrons. The first-order valence-corrected chi connectivity index (χ1v) is 8.85. The smallest absolute Gasteiger partial charge is 0.228 e. The molecule has 0 spiro atoms. The molecule has 6 nitrogen and oxygen atoms in total. The number of hydrogen-bond donors (Lipinski definition) is 0. The average Bonchev–Trinajstić information content (AvgIpc) is 2.98. The summed E-state index contributed by atoms with van der Waals surface area (Å²) in [5.74, 6) is -0.361. The first-order chi connectivity index (χ1) is 11.9. The zero-order valence-electron chi connectivity index (χ0n) is 14.5. The van der Waals surface area contributed by atoms with Crippen molar-refractivity contribution in [2.75, 3.05) is 37.6 Å². The van der Waals surface area contributed by atoms with Gasteiger partial charge in [-0.15, -0.1) is 0 Å². The van der Waals surface area contributed by atoms with E-state index in [0.29, 0.717) is 37.7 Å². The summed E-state index contributed by atoms with van der Waals surface area (Å²) in [7, 11) is 0. The summed E-state index contributed by atoms with van der Waals surface area (Å²) >= 11 is 6.15. The van der Waals surface area contributed by atoms with Crippen molar-refractivity contribution in [3.63, 3.8) is 0 Å². The highest BCUT2D eigenvalue weighted by molar-refractivity contribution is 6.31. The Morgan fingerprint density at radius 3 is 2.36 bits per heavy atom. The average molecular weight is 364 g/mol. The SMILES string of the molecule is CC(=O)N1CCN(C(=O)[C@@H]2CC(=O)N(c3ccc(C)c(Cl)c3)C2)CC1. The number of benzene rings is 1. The van der Waals surface area contributed by atoms with Crippen molar-refractivity contribution in [2.45, 2.75) is 20.3 Å². The molecule has 2 fully saturated rings. The number of piperazine rings is 1. The van der Waals surface area contributed by atoms with E-state index in [1.165, 1.54) is 6.92 Å². The summed E-state index contributed by atoms with van der Waals surface area (Å²) < 4.78 is 0. The molecule has 0 saturated carbocycles. The van der Waals surface area contributed by atoms with Gasteiger partial charge in [-0.3, -0.25) is 14.4 Å². The maximum atomic E-state index is 12.7. The molecule has 2 saturated heterocycles. The summed E-state index contributed by atoms with van der Waals surface area (Å²) in [5, 5.41) is 0.612. The zero-order valence-corrected chi connectivity index (χ0v) is 15.3. The number of halogens is 1. The van der Waals surface area contributed by atoms with E-state index in [1.807, 2.05) is 19.1 Å². The number of nitrogens with zero attached hydrogens (tertiary/aromatic N) is 3. The molecule has 25 heavy (non-hydrogen) atoms. The molecule has 134 valence electrons. The molecule has 3 rings (SSSR count). The van der Waals surface area contributed by atoms with Crippen molar-refractivity contribution < 1.29 is 14.4 Å². The van der Waals surface area contributed by atoms with E-state index in [1.54, 1.807) is 20.8 Å². The van der Waals surface area contributed by atoms with E-state index in [2.05, 4.69) is 0 Å². The molecular weight excluding hydrogens is 342 g/mol. The van der Waals surface area contributed by atoms with Crippen LogP contribution in [0.2, 0.25) is 5.02 Å². The van der Waals surface area contributed by atoms with Crippen molar-refractivity contribution in [1.29, 1.82) is 0 Å². The largest absolute Gasteiger partial charge is 0.339 e. The lowest BCUT2D eigenvalue weighted by atomic mass is 10.1. The lowest BCUT2D eigenvalue weighted by Crippen LogP contribution is -2.51. The number of aryl methyl sites for hydroxylation is 1. The van der Waals surface area contributed by atoms with Gasteiger partial charge in [-0.2, -0.15) is 0 Å². The highest BCUT2D eigenvalue weighted by Gasteiger charge is 2.38. The van der Waals surface area contributed by atoms with Gasteiger partial charge >= 0.3 is 0 Å². The Morgan fingerprint density at radius 1 is 1.12 bits per heavy atom. The van der Waals surface area contributed by atoms with Crippen molar-refractivity contribution in [1.82, 2.24) is 9.80 Å². The fourth-order valence-electron chi connectivity index (χ4n) is 3.37. The summed E-state index contributed by atoms with van der Waals surface area (Å²) in [4.78, 5) is 41.6. The highest BCUT2D eigenvalue weighted by Crippen LogP contribution is 2.29. The van der Waals surface area contributed by atoms with Gasteiger partial charge in [0.05, 0.1) is 5.92 Å². The van der Waals surface area contributed by atoms with Gasteiger partial charge in [-0.1, -0.05) is 17.7 Å². The second kappa shape index (κ2) is 7.04. The topological polar surface area (TPSA) is 60.9 Å². The predicted octanol–water partition coefficient (Wildman–Crippen LogP) is 1.69. The van der Waals surface area contributed by atoms with Crippen molar-refractivity contribution in [3.05, 3.63) is 28.8 Å². The summed E-state index contributed by atoms with van der Waals surface area (Å²) in [5.41, 5.74) is 1.69. The molecule has 1 atom stereocenters. The van der Waals surface area contributed by atoms with Crippen molar-refractivity contribution >= 4 is 35.0 Å². The van der Waals surface area contributed by atoms with Crippen LogP contribution in [0, 0.1) is 12.8 Å². The fraction of sp³-hybridized carbons (Fsp3) is 0.500. The van der Waals surface area contributed by atoms with Crippen LogP contribution in [0.5, 0.6) is 0 Å². The minimum Gasteiger partial charge on any atom is -0.339 e. The summed E-state index contributed by atoms with van der Waals surface area (Å²) in [6.45, 7) is 5.99. The quantitative estimate of drug-likeness (QED) is 0.803. The second-order valence-corrected chi connectivity index (χ2v) is 7.08. The molecule has 0 aromatic heterocycles. The van der Waals surface area contributed by atoms with Crippen LogP contribution in [0.1, 0.15) is 18.9 Å². The Balaban J connectivity index is 1.65. The molecule has 2 aliphatic rings. The third-order valence-corrected chi connectivity index (χ3v) is 5.39. The molecule has 7 heteroatoms. The normalized spacial score (nSPS) is 21.0. The Bertz CT molecular complexity index is 714. The van der Waals surface area contributed by atoms with Crippen LogP contribution in [0.4, 0.5) is 5.69 Å². The number of anilines is 1. The van der Waals surface area contributed by atoms with Gasteiger partial charge in [-0.05, 0) is 24.6 Å². The van der Waals surface area contributed by atoms with Crippen LogP contribution in [0.25, 0.3) is 0 Å². The van der Waals surface area contributed by atoms with E-state index >= 15 is 0 Å². The number of rotatable bonds is 2. The first-order valence-electron chi connectivity index (χ1n) is 8.47. The van der Waals surface area contributed by atoms with Crippen LogP contribution < -0.4 is 4.90 Å². The molecule has 0 bridgehead atoms. The van der Waals surface area contributed by atoms with Gasteiger partial charge in [0.1, 0.15) is 0 Å². The van der Waals surface area contributed by atoms with Crippen LogP contribution in [-0.2, 0) is 14.4 Å². The number of carbonyl (C=O) groups excluding carboxylic acids is 3. The maximum absolute atomic E-state index is 12.7. The van der Waals surface area contributed by atoms with Gasteiger partial charge in [0.25, 0.3) is 0 Å². The third kappa shape index (κ3) is 3.63. The fourth-order valence-corrected chi connectivity index (χ4v) is 3.55. The molecule has 0 unspecified atom stereocenters. The molecular formula is C18H22ClN3O3. The van der Waals surface area contributed by atoms with Gasteiger partial charge < -0.3 is 14.7 Å². The molecule has 2 aliphatic heterocycles. The molecule has 1 aromatic carbocycles. The monoisotopic (exact) mass is 363 g/mol. The van der Waals surface area contributed by atoms with E-state index < -0.39 is 0 Å². The van der Waals surface area contributed by atoms with Crippen molar-refractivity contribution in [3.8, 4) is 0 Å². The van der Waals surface area contributed by atoms with E-state index in [9.17, 15) is 14.4 Å². The molecule has 0 N–H and O–H groups in total. The first kappa shape index (κ1) is 17.7.